The maximum absolute atomic E-state index is 14.4. The van der Waals surface area contributed by atoms with Crippen LogP contribution in [0.1, 0.15) is 48.7 Å². The quantitative estimate of drug-likeness (QED) is 0.695. The summed E-state index contributed by atoms with van der Waals surface area (Å²) >= 11 is 5.90. The van der Waals surface area contributed by atoms with Crippen molar-refractivity contribution in [3.63, 3.8) is 0 Å². The average molecular weight is 433 g/mol. The van der Waals surface area contributed by atoms with Crippen LogP contribution in [0.25, 0.3) is 0 Å². The molecule has 1 fully saturated rings. The number of nitrogens with zero attached hydrogens (tertiary/aromatic N) is 4. The van der Waals surface area contributed by atoms with Gasteiger partial charge in [0.05, 0.1) is 24.5 Å². The lowest BCUT2D eigenvalue weighted by molar-refractivity contribution is -0.133. The van der Waals surface area contributed by atoms with E-state index in [2.05, 4.69) is 18.9 Å². The Morgan fingerprint density at radius 1 is 1.33 bits per heavy atom. The van der Waals surface area contributed by atoms with Gasteiger partial charge < -0.3 is 9.80 Å². The zero-order valence-electron chi connectivity index (χ0n) is 17.8. The van der Waals surface area contributed by atoms with Gasteiger partial charge in [-0.15, -0.1) is 0 Å². The topological polar surface area (TPSA) is 41.4 Å². The van der Waals surface area contributed by atoms with Crippen LogP contribution in [0.2, 0.25) is 5.02 Å². The van der Waals surface area contributed by atoms with Crippen molar-refractivity contribution in [2.75, 3.05) is 26.7 Å². The molecule has 0 bridgehead atoms. The van der Waals surface area contributed by atoms with Gasteiger partial charge in [-0.3, -0.25) is 9.48 Å². The summed E-state index contributed by atoms with van der Waals surface area (Å²) in [6, 6.07) is 4.76. The van der Waals surface area contributed by atoms with Crippen LogP contribution in [0.3, 0.4) is 0 Å². The van der Waals surface area contributed by atoms with E-state index in [1.54, 1.807) is 12.1 Å². The number of halogens is 2. The van der Waals surface area contributed by atoms with E-state index in [9.17, 15) is 9.18 Å². The number of benzene rings is 1. The lowest BCUT2D eigenvalue weighted by Gasteiger charge is -2.29. The Morgan fingerprint density at radius 2 is 2.17 bits per heavy atom. The number of likely N-dealkylation sites (tertiary alicyclic amines) is 1. The molecule has 1 atom stereocenters. The molecule has 30 heavy (non-hydrogen) atoms. The maximum atomic E-state index is 14.4. The highest BCUT2D eigenvalue weighted by atomic mass is 35.5. The number of rotatable bonds is 6. The first-order valence-corrected chi connectivity index (χ1v) is 11.3. The lowest BCUT2D eigenvalue weighted by Crippen LogP contribution is -2.38. The number of carbonyl (C=O) groups excluding carboxylic acids is 1. The molecule has 0 spiro atoms. The fraction of sp³-hybridized carbons (Fsp3) is 0.565. The van der Waals surface area contributed by atoms with Crippen LogP contribution < -0.4 is 0 Å². The number of aryl methyl sites for hydroxylation is 1. The van der Waals surface area contributed by atoms with E-state index in [1.165, 1.54) is 11.6 Å². The van der Waals surface area contributed by atoms with E-state index in [0.717, 1.165) is 56.7 Å². The van der Waals surface area contributed by atoms with Gasteiger partial charge in [-0.1, -0.05) is 31.0 Å². The molecule has 1 amide bonds. The minimum absolute atomic E-state index is 0.225. The van der Waals surface area contributed by atoms with E-state index in [-0.39, 0.29) is 11.7 Å². The van der Waals surface area contributed by atoms with Crippen molar-refractivity contribution in [3.8, 4) is 0 Å². The predicted molar refractivity (Wildman–Crippen MR) is 116 cm³/mol. The van der Waals surface area contributed by atoms with Crippen LogP contribution in [0.5, 0.6) is 0 Å². The van der Waals surface area contributed by atoms with Gasteiger partial charge in [0.1, 0.15) is 5.82 Å². The normalized spacial score (nSPS) is 19.3. The fourth-order valence-corrected chi connectivity index (χ4v) is 4.88. The molecule has 0 saturated carbocycles. The first-order chi connectivity index (χ1) is 14.4. The minimum atomic E-state index is -0.321. The maximum Gasteiger partial charge on any atom is 0.223 e. The van der Waals surface area contributed by atoms with Gasteiger partial charge >= 0.3 is 0 Å². The summed E-state index contributed by atoms with van der Waals surface area (Å²) in [5.74, 6) is 0.355. The Balaban J connectivity index is 1.54. The molecule has 1 aromatic heterocycles. The van der Waals surface area contributed by atoms with Crippen LogP contribution in [0.15, 0.2) is 18.2 Å². The average Bonchev–Trinajstić information content (AvgIpc) is 3.27. The second-order valence-corrected chi connectivity index (χ2v) is 9.14. The van der Waals surface area contributed by atoms with Gasteiger partial charge in [0.15, 0.2) is 0 Å². The summed E-state index contributed by atoms with van der Waals surface area (Å²) in [5, 5.41) is 5.21. The van der Waals surface area contributed by atoms with Crippen molar-refractivity contribution in [2.45, 2.75) is 52.1 Å². The van der Waals surface area contributed by atoms with Crippen molar-refractivity contribution in [1.82, 2.24) is 19.6 Å². The molecule has 0 aliphatic carbocycles. The highest BCUT2D eigenvalue weighted by Crippen LogP contribution is 2.27. The third-order valence-electron chi connectivity index (χ3n) is 6.35. The van der Waals surface area contributed by atoms with E-state index in [4.69, 9.17) is 16.7 Å². The van der Waals surface area contributed by atoms with Crippen LogP contribution in [0.4, 0.5) is 4.39 Å². The number of hydrogen-bond donors (Lipinski definition) is 0. The molecule has 2 aromatic rings. The highest BCUT2D eigenvalue weighted by Gasteiger charge is 2.30. The molecule has 0 radical (unpaired) electrons. The smallest absolute Gasteiger partial charge is 0.223 e. The summed E-state index contributed by atoms with van der Waals surface area (Å²) in [7, 11) is 2.11. The molecular formula is C23H30ClFN4O. The molecule has 162 valence electrons. The summed E-state index contributed by atoms with van der Waals surface area (Å²) in [6.07, 6.45) is 4.44. The monoisotopic (exact) mass is 432 g/mol. The molecule has 1 saturated heterocycles. The van der Waals surface area contributed by atoms with Gasteiger partial charge in [-0.25, -0.2) is 4.39 Å². The second-order valence-electron chi connectivity index (χ2n) is 8.70. The van der Waals surface area contributed by atoms with E-state index < -0.39 is 0 Å². The molecule has 1 aromatic carbocycles. The van der Waals surface area contributed by atoms with Crippen molar-refractivity contribution in [1.29, 1.82) is 0 Å². The summed E-state index contributed by atoms with van der Waals surface area (Å²) in [4.78, 5) is 17.2. The molecule has 2 aliphatic rings. The Bertz CT molecular complexity index is 928. The Hall–Kier alpha value is -1.92. The number of aromatic nitrogens is 2. The molecule has 0 N–H and O–H groups in total. The Kier molecular flexibility index (Phi) is 6.44. The molecule has 1 unspecified atom stereocenters. The number of carbonyl (C=O) groups is 1. The summed E-state index contributed by atoms with van der Waals surface area (Å²) < 4.78 is 16.3. The zero-order valence-corrected chi connectivity index (χ0v) is 18.6. The highest BCUT2D eigenvalue weighted by molar-refractivity contribution is 6.30. The molecular weight excluding hydrogens is 403 g/mol. The third-order valence-corrected chi connectivity index (χ3v) is 6.58. The molecule has 7 heteroatoms. The van der Waals surface area contributed by atoms with Crippen LogP contribution in [-0.2, 0) is 30.7 Å². The van der Waals surface area contributed by atoms with Crippen molar-refractivity contribution in [2.24, 2.45) is 5.92 Å². The van der Waals surface area contributed by atoms with E-state index >= 15 is 0 Å². The number of fused-ring (bicyclic) bond motifs is 1. The fourth-order valence-electron chi connectivity index (χ4n) is 4.72. The van der Waals surface area contributed by atoms with Crippen LogP contribution in [-0.4, -0.2) is 52.2 Å². The van der Waals surface area contributed by atoms with Gasteiger partial charge in [0.2, 0.25) is 5.91 Å². The minimum Gasteiger partial charge on any atom is -0.336 e. The van der Waals surface area contributed by atoms with Gasteiger partial charge in [0, 0.05) is 35.7 Å². The first kappa shape index (κ1) is 21.3. The third kappa shape index (κ3) is 4.54. The Morgan fingerprint density at radius 3 is 2.87 bits per heavy atom. The predicted octanol–water partition coefficient (Wildman–Crippen LogP) is 3.90. The molecule has 4 rings (SSSR count). The zero-order chi connectivity index (χ0) is 21.3. The van der Waals surface area contributed by atoms with Crippen LogP contribution >= 0.6 is 11.6 Å². The van der Waals surface area contributed by atoms with Crippen LogP contribution in [0, 0.1) is 11.7 Å². The lowest BCUT2D eigenvalue weighted by atomic mass is 9.99. The number of amides is 1. The van der Waals surface area contributed by atoms with E-state index in [1.807, 2.05) is 9.58 Å². The Labute approximate surface area is 182 Å². The first-order valence-electron chi connectivity index (χ1n) is 10.9. The van der Waals surface area contributed by atoms with Crippen molar-refractivity contribution < 1.29 is 9.18 Å². The molecule has 3 heterocycles. The summed E-state index contributed by atoms with van der Waals surface area (Å²) in [6.45, 7) is 5.86. The van der Waals surface area contributed by atoms with Crippen molar-refractivity contribution >= 4 is 17.5 Å². The molecule has 5 nitrogen and oxygen atoms in total. The summed E-state index contributed by atoms with van der Waals surface area (Å²) in [5.41, 5.74) is 3.95. The largest absolute Gasteiger partial charge is 0.336 e. The van der Waals surface area contributed by atoms with Gasteiger partial charge in [0.25, 0.3) is 0 Å². The standard InChI is InChI=1S/C23H30ClFN4O/c1-3-4-21-19-8-10-28(23(30)11-16-7-9-27(2)13-16)15-22(19)29(26-21)14-17-5-6-18(24)12-20(17)25/h5-6,12,16H,3-4,7-11,13-15H2,1-2H3. The number of hydrogen-bond acceptors (Lipinski definition) is 3. The SMILES string of the molecule is CCCc1nn(Cc2ccc(Cl)cc2F)c2c1CCN(C(=O)CC1CCN(C)C1)C2. The van der Waals surface area contributed by atoms with Crippen molar-refractivity contribution in [3.05, 3.63) is 51.6 Å². The van der Waals surface area contributed by atoms with E-state index in [0.29, 0.717) is 36.0 Å². The van der Waals surface area contributed by atoms with Gasteiger partial charge in [-0.05, 0) is 50.9 Å². The second kappa shape index (κ2) is 9.06. The van der Waals surface area contributed by atoms with Gasteiger partial charge in [-0.2, -0.15) is 5.10 Å². The molecule has 2 aliphatic heterocycles.